The largest absolute Gasteiger partial charge is 0.480 e. The molecule has 3 unspecified atom stereocenters. The van der Waals surface area contributed by atoms with Gasteiger partial charge < -0.3 is 20.0 Å². The van der Waals surface area contributed by atoms with Gasteiger partial charge in [0.2, 0.25) is 0 Å². The number of aliphatic hydroxyl groups excluding tert-OH is 1. The molecule has 0 spiro atoms. The molecule has 0 aliphatic carbocycles. The van der Waals surface area contributed by atoms with Crippen LogP contribution in [0, 0.1) is 11.8 Å². The molecule has 6 nitrogen and oxygen atoms in total. The Hall–Kier alpha value is -1.30. The molecule has 0 bridgehead atoms. The van der Waals surface area contributed by atoms with Gasteiger partial charge in [-0.25, -0.2) is 9.59 Å². The molecule has 2 aliphatic heterocycles. The van der Waals surface area contributed by atoms with Crippen molar-refractivity contribution in [1.82, 2.24) is 9.80 Å². The number of aliphatic carboxylic acids is 1. The summed E-state index contributed by atoms with van der Waals surface area (Å²) in [4.78, 5) is 27.0. The Morgan fingerprint density at radius 1 is 1.05 bits per heavy atom. The van der Waals surface area contributed by atoms with Crippen molar-refractivity contribution in [3.63, 3.8) is 0 Å². The summed E-state index contributed by atoms with van der Waals surface area (Å²) >= 11 is 0. The van der Waals surface area contributed by atoms with Crippen molar-refractivity contribution in [3.05, 3.63) is 0 Å². The Morgan fingerprint density at radius 3 is 2.30 bits per heavy atom. The number of aliphatic hydroxyl groups is 1. The van der Waals surface area contributed by atoms with Crippen molar-refractivity contribution in [2.24, 2.45) is 11.8 Å². The molecule has 2 saturated heterocycles. The molecule has 2 amide bonds. The smallest absolute Gasteiger partial charge is 0.326 e. The van der Waals surface area contributed by atoms with Gasteiger partial charge in [-0.1, -0.05) is 13.8 Å². The van der Waals surface area contributed by atoms with Crippen molar-refractivity contribution in [2.75, 3.05) is 13.1 Å². The van der Waals surface area contributed by atoms with Gasteiger partial charge in [-0.2, -0.15) is 0 Å². The highest BCUT2D eigenvalue weighted by molar-refractivity contribution is 5.83. The fourth-order valence-electron chi connectivity index (χ4n) is 3.39. The number of carbonyl (C=O) groups is 2. The van der Waals surface area contributed by atoms with Crippen LogP contribution in [0.3, 0.4) is 0 Å². The molecule has 0 aromatic carbocycles. The second kappa shape index (κ2) is 5.60. The number of urea groups is 1. The van der Waals surface area contributed by atoms with E-state index in [2.05, 4.69) is 13.8 Å². The van der Waals surface area contributed by atoms with Crippen molar-refractivity contribution < 1.29 is 19.8 Å². The number of amides is 2. The Balaban J connectivity index is 2.15. The summed E-state index contributed by atoms with van der Waals surface area (Å²) < 4.78 is 0. The molecule has 2 N–H and O–H groups in total. The van der Waals surface area contributed by atoms with E-state index in [9.17, 15) is 19.8 Å². The first-order valence-electron chi connectivity index (χ1n) is 7.29. The number of piperidine rings is 1. The first kappa shape index (κ1) is 15.1. The lowest BCUT2D eigenvalue weighted by molar-refractivity contribution is -0.141. The number of carbonyl (C=O) groups excluding carboxylic acids is 1. The van der Waals surface area contributed by atoms with Crippen molar-refractivity contribution in [1.29, 1.82) is 0 Å². The molecular weight excluding hydrogens is 260 g/mol. The van der Waals surface area contributed by atoms with Crippen molar-refractivity contribution in [3.8, 4) is 0 Å². The fourth-order valence-corrected chi connectivity index (χ4v) is 3.39. The zero-order valence-corrected chi connectivity index (χ0v) is 12.3. The molecule has 2 rings (SSSR count). The predicted octanol–water partition coefficient (Wildman–Crippen LogP) is 0.993. The number of nitrogens with zero attached hydrogens (tertiary/aromatic N) is 2. The van der Waals surface area contributed by atoms with E-state index in [0.717, 1.165) is 6.42 Å². The average molecular weight is 284 g/mol. The molecular formula is C14H24N2O4. The standard InChI is InChI=1S/C14H24N2O4/c1-8-4-9(2)10(3)15(6-8)14(20)16-7-11(17)5-12(16)13(18)19/h8-12,17H,4-7H2,1-3H3,(H,18,19)/t8?,9?,10?,11-,12+/m1/s1. The van der Waals surface area contributed by atoms with E-state index in [-0.39, 0.29) is 25.0 Å². The zero-order chi connectivity index (χ0) is 15.0. The Bertz CT molecular complexity index is 401. The lowest BCUT2D eigenvalue weighted by atomic mass is 9.86. The Kier molecular flexibility index (Phi) is 4.22. The summed E-state index contributed by atoms with van der Waals surface area (Å²) in [6, 6.07) is -1.05. The van der Waals surface area contributed by atoms with Crippen LogP contribution in [0.2, 0.25) is 0 Å². The van der Waals surface area contributed by atoms with E-state index in [1.807, 2.05) is 6.92 Å². The van der Waals surface area contributed by atoms with Crippen LogP contribution >= 0.6 is 0 Å². The van der Waals surface area contributed by atoms with Crippen LogP contribution in [-0.2, 0) is 4.79 Å². The van der Waals surface area contributed by atoms with Gasteiger partial charge in [0.15, 0.2) is 0 Å². The summed E-state index contributed by atoms with van der Waals surface area (Å²) in [5.74, 6) is -0.222. The monoisotopic (exact) mass is 284 g/mol. The van der Waals surface area contributed by atoms with E-state index in [1.54, 1.807) is 4.90 Å². The predicted molar refractivity (Wildman–Crippen MR) is 73.3 cm³/mol. The number of likely N-dealkylation sites (tertiary alicyclic amines) is 2. The Labute approximate surface area is 119 Å². The second-order valence-electron chi connectivity index (χ2n) is 6.39. The first-order chi connectivity index (χ1) is 9.31. The lowest BCUT2D eigenvalue weighted by Crippen LogP contribution is -2.55. The van der Waals surface area contributed by atoms with Crippen LogP contribution in [0.1, 0.15) is 33.6 Å². The summed E-state index contributed by atoms with van der Waals surface area (Å²) in [6.45, 7) is 7.01. The maximum atomic E-state index is 12.6. The van der Waals surface area contributed by atoms with Crippen molar-refractivity contribution in [2.45, 2.75) is 51.8 Å². The third-order valence-corrected chi connectivity index (χ3v) is 4.65. The molecule has 2 heterocycles. The third-order valence-electron chi connectivity index (χ3n) is 4.65. The number of carboxylic acids is 1. The van der Waals surface area contributed by atoms with Gasteiger partial charge in [-0.3, -0.25) is 0 Å². The molecule has 114 valence electrons. The SMILES string of the molecule is CC1CC(C)C(C)N(C(=O)N2C[C@H](O)C[C@H]2C(=O)O)C1. The minimum atomic E-state index is -1.04. The summed E-state index contributed by atoms with van der Waals surface area (Å²) in [6.07, 6.45) is 0.458. The van der Waals surface area contributed by atoms with Gasteiger partial charge in [-0.15, -0.1) is 0 Å². The first-order valence-corrected chi connectivity index (χ1v) is 7.29. The summed E-state index contributed by atoms with van der Waals surface area (Å²) in [5.41, 5.74) is 0. The van der Waals surface area contributed by atoms with Crippen LogP contribution in [0.4, 0.5) is 4.79 Å². The topological polar surface area (TPSA) is 81.1 Å². The number of carboxylic acid groups (broad SMARTS) is 1. The van der Waals surface area contributed by atoms with Crippen LogP contribution in [-0.4, -0.2) is 63.3 Å². The van der Waals surface area contributed by atoms with Crippen LogP contribution in [0.15, 0.2) is 0 Å². The molecule has 0 aromatic rings. The minimum absolute atomic E-state index is 0.103. The van der Waals surface area contributed by atoms with Crippen molar-refractivity contribution >= 4 is 12.0 Å². The molecule has 6 heteroatoms. The van der Waals surface area contributed by atoms with E-state index < -0.39 is 18.1 Å². The highest BCUT2D eigenvalue weighted by Gasteiger charge is 2.43. The molecule has 0 radical (unpaired) electrons. The maximum Gasteiger partial charge on any atom is 0.326 e. The van der Waals surface area contributed by atoms with Crippen LogP contribution in [0.5, 0.6) is 0 Å². The summed E-state index contributed by atoms with van der Waals surface area (Å²) in [5, 5.41) is 18.9. The lowest BCUT2D eigenvalue weighted by Gasteiger charge is -2.43. The van der Waals surface area contributed by atoms with Gasteiger partial charge in [0.05, 0.1) is 6.10 Å². The quantitative estimate of drug-likeness (QED) is 0.752. The molecule has 20 heavy (non-hydrogen) atoms. The number of β-amino-alcohol motifs (C(OH)–C–C–N with tert-alkyl or cyclic N) is 1. The van der Waals surface area contributed by atoms with Gasteiger partial charge >= 0.3 is 12.0 Å². The number of hydrogen-bond acceptors (Lipinski definition) is 3. The number of rotatable bonds is 1. The molecule has 0 saturated carbocycles. The zero-order valence-electron chi connectivity index (χ0n) is 12.3. The van der Waals surface area contributed by atoms with Gasteiger partial charge in [-0.05, 0) is 25.2 Å². The normalized spacial score (nSPS) is 38.1. The summed E-state index contributed by atoms with van der Waals surface area (Å²) in [7, 11) is 0. The average Bonchev–Trinajstić information content (AvgIpc) is 2.75. The third kappa shape index (κ3) is 2.75. The van der Waals surface area contributed by atoms with E-state index in [4.69, 9.17) is 0 Å². The van der Waals surface area contributed by atoms with Crippen LogP contribution in [0.25, 0.3) is 0 Å². The fraction of sp³-hybridized carbons (Fsp3) is 0.857. The molecule has 5 atom stereocenters. The minimum Gasteiger partial charge on any atom is -0.480 e. The maximum absolute atomic E-state index is 12.6. The van der Waals surface area contributed by atoms with Gasteiger partial charge in [0.1, 0.15) is 6.04 Å². The van der Waals surface area contributed by atoms with E-state index >= 15 is 0 Å². The Morgan fingerprint density at radius 2 is 1.70 bits per heavy atom. The molecule has 2 fully saturated rings. The number of hydrogen-bond donors (Lipinski definition) is 2. The van der Waals surface area contributed by atoms with Gasteiger partial charge in [0, 0.05) is 25.6 Å². The van der Waals surface area contributed by atoms with Gasteiger partial charge in [0.25, 0.3) is 0 Å². The molecule has 0 aromatic heterocycles. The second-order valence-corrected chi connectivity index (χ2v) is 6.39. The van der Waals surface area contributed by atoms with E-state index in [0.29, 0.717) is 18.4 Å². The highest BCUT2D eigenvalue weighted by Crippen LogP contribution is 2.29. The molecule has 2 aliphatic rings. The van der Waals surface area contributed by atoms with E-state index in [1.165, 1.54) is 4.90 Å². The highest BCUT2D eigenvalue weighted by atomic mass is 16.4. The van der Waals surface area contributed by atoms with Crippen LogP contribution < -0.4 is 0 Å².